The number of carbonyl (C=O) groups excluding carboxylic acids is 1. The summed E-state index contributed by atoms with van der Waals surface area (Å²) in [6, 6.07) is 15.2. The molecule has 0 aliphatic heterocycles. The molecule has 0 spiro atoms. The minimum atomic E-state index is -0.473. The lowest BCUT2D eigenvalue weighted by molar-refractivity contribution is 0.0562. The molecular formula is C21H12BrClN2O3S2. The summed E-state index contributed by atoms with van der Waals surface area (Å²) in [5.74, 6) is 6.12. The molecule has 0 amide bonds. The van der Waals surface area contributed by atoms with Crippen molar-refractivity contribution in [2.24, 2.45) is 0 Å². The van der Waals surface area contributed by atoms with Gasteiger partial charge < -0.3 is 9.15 Å². The van der Waals surface area contributed by atoms with E-state index >= 15 is 0 Å². The maximum atomic E-state index is 12.2. The normalized spacial score (nSPS) is 10.6. The van der Waals surface area contributed by atoms with Gasteiger partial charge >= 0.3 is 5.97 Å². The van der Waals surface area contributed by atoms with Crippen LogP contribution in [0.1, 0.15) is 9.67 Å². The number of carbonyl (C=O) groups is 1. The average molecular weight is 520 g/mol. The number of hydrogen-bond acceptors (Lipinski definition) is 7. The van der Waals surface area contributed by atoms with Crippen LogP contribution >= 0.6 is 50.6 Å². The second-order valence-corrected chi connectivity index (χ2v) is 9.12. The van der Waals surface area contributed by atoms with Crippen molar-refractivity contribution in [3.63, 3.8) is 0 Å². The van der Waals surface area contributed by atoms with Crippen LogP contribution in [0.25, 0.3) is 21.5 Å². The third-order valence-corrected chi connectivity index (χ3v) is 6.72. The Balaban J connectivity index is 1.28. The Morgan fingerprint density at radius 3 is 2.90 bits per heavy atom. The number of hydrogen-bond donors (Lipinski definition) is 0. The standard InChI is InChI=1S/C21H12BrClN2O3S2/c22-14-7-5-6-13(12-14)19-24-25-21(28-19)29-11-4-3-10-27-20(26)18-17(23)15-8-1-2-9-16(15)30-18/h1-2,5-9,12H,10-11H2. The quantitative estimate of drug-likeness (QED) is 0.175. The molecule has 4 rings (SSSR count). The van der Waals surface area contributed by atoms with E-state index in [1.807, 2.05) is 48.5 Å². The number of halogens is 2. The zero-order chi connectivity index (χ0) is 20.9. The SMILES string of the molecule is O=C(OCC#CCSc1nnc(-c2cccc(Br)c2)o1)c1sc2ccccc2c1Cl. The number of rotatable bonds is 5. The zero-order valence-corrected chi connectivity index (χ0v) is 19.2. The van der Waals surface area contributed by atoms with E-state index in [4.69, 9.17) is 20.8 Å². The van der Waals surface area contributed by atoms with Crippen LogP contribution in [0.2, 0.25) is 5.02 Å². The fourth-order valence-electron chi connectivity index (χ4n) is 2.52. The highest BCUT2D eigenvalue weighted by Gasteiger charge is 2.17. The van der Waals surface area contributed by atoms with E-state index < -0.39 is 5.97 Å². The lowest BCUT2D eigenvalue weighted by atomic mass is 10.2. The van der Waals surface area contributed by atoms with Crippen molar-refractivity contribution in [2.75, 3.05) is 12.4 Å². The minimum Gasteiger partial charge on any atom is -0.448 e. The maximum Gasteiger partial charge on any atom is 0.350 e. The van der Waals surface area contributed by atoms with E-state index in [1.165, 1.54) is 23.1 Å². The van der Waals surface area contributed by atoms with Crippen molar-refractivity contribution in [3.8, 4) is 23.3 Å². The Morgan fingerprint density at radius 1 is 1.20 bits per heavy atom. The average Bonchev–Trinajstić information content (AvgIpc) is 3.36. The summed E-state index contributed by atoms with van der Waals surface area (Å²) in [6.07, 6.45) is 0. The van der Waals surface area contributed by atoms with Crippen LogP contribution in [-0.4, -0.2) is 28.5 Å². The number of ether oxygens (including phenoxy) is 1. The molecule has 2 heterocycles. The van der Waals surface area contributed by atoms with Gasteiger partial charge in [0.05, 0.1) is 10.8 Å². The lowest BCUT2D eigenvalue weighted by Crippen LogP contribution is -2.03. The van der Waals surface area contributed by atoms with E-state index in [0.717, 1.165) is 20.1 Å². The maximum absolute atomic E-state index is 12.2. The zero-order valence-electron chi connectivity index (χ0n) is 15.2. The molecular weight excluding hydrogens is 508 g/mol. The molecule has 0 saturated carbocycles. The summed E-state index contributed by atoms with van der Waals surface area (Å²) >= 11 is 12.3. The van der Waals surface area contributed by atoms with Gasteiger partial charge in [0, 0.05) is 20.1 Å². The predicted octanol–water partition coefficient (Wildman–Crippen LogP) is 6.32. The molecule has 0 atom stereocenters. The molecule has 0 radical (unpaired) electrons. The third kappa shape index (κ3) is 4.87. The van der Waals surface area contributed by atoms with Crippen molar-refractivity contribution >= 4 is 66.7 Å². The minimum absolute atomic E-state index is 0.0168. The van der Waals surface area contributed by atoms with Gasteiger partial charge in [0.2, 0.25) is 5.89 Å². The van der Waals surface area contributed by atoms with E-state index in [9.17, 15) is 4.79 Å². The Kier molecular flexibility index (Phi) is 6.75. The molecule has 2 aromatic carbocycles. The first-order valence-electron chi connectivity index (χ1n) is 8.64. The molecule has 9 heteroatoms. The smallest absolute Gasteiger partial charge is 0.350 e. The van der Waals surface area contributed by atoms with Crippen molar-refractivity contribution in [1.82, 2.24) is 10.2 Å². The number of thioether (sulfide) groups is 1. The molecule has 0 saturated heterocycles. The Morgan fingerprint density at radius 2 is 2.07 bits per heavy atom. The van der Waals surface area contributed by atoms with Gasteiger partial charge in [-0.15, -0.1) is 21.5 Å². The monoisotopic (exact) mass is 518 g/mol. The number of fused-ring (bicyclic) bond motifs is 1. The van der Waals surface area contributed by atoms with Gasteiger partial charge in [0.15, 0.2) is 6.61 Å². The van der Waals surface area contributed by atoms with Gasteiger partial charge in [-0.3, -0.25) is 0 Å². The first kappa shape index (κ1) is 20.9. The fourth-order valence-corrected chi connectivity index (χ4v) is 4.85. The largest absolute Gasteiger partial charge is 0.448 e. The van der Waals surface area contributed by atoms with Crippen LogP contribution in [0, 0.1) is 11.8 Å². The molecule has 0 bridgehead atoms. The molecule has 0 N–H and O–H groups in total. The molecule has 2 aromatic heterocycles. The summed E-state index contributed by atoms with van der Waals surface area (Å²) in [7, 11) is 0. The molecule has 150 valence electrons. The summed E-state index contributed by atoms with van der Waals surface area (Å²) in [6.45, 7) is -0.0168. The summed E-state index contributed by atoms with van der Waals surface area (Å²) in [5.41, 5.74) is 0.835. The molecule has 4 aromatic rings. The second kappa shape index (κ2) is 9.67. The molecule has 0 fully saturated rings. The molecule has 0 aliphatic rings. The van der Waals surface area contributed by atoms with Gasteiger partial charge in [0.1, 0.15) is 4.88 Å². The molecule has 30 heavy (non-hydrogen) atoms. The number of thiophene rings is 1. The number of aromatic nitrogens is 2. The van der Waals surface area contributed by atoms with Crippen LogP contribution in [-0.2, 0) is 4.74 Å². The highest BCUT2D eigenvalue weighted by atomic mass is 79.9. The number of benzene rings is 2. The van der Waals surface area contributed by atoms with E-state index in [1.54, 1.807) is 0 Å². The van der Waals surface area contributed by atoms with Gasteiger partial charge in [-0.25, -0.2) is 4.79 Å². The summed E-state index contributed by atoms with van der Waals surface area (Å²) in [4.78, 5) is 12.6. The van der Waals surface area contributed by atoms with Crippen LogP contribution in [0.15, 0.2) is 62.6 Å². The first-order valence-corrected chi connectivity index (χ1v) is 11.6. The van der Waals surface area contributed by atoms with E-state index in [2.05, 4.69) is 38.0 Å². The summed E-state index contributed by atoms with van der Waals surface area (Å²) in [5, 5.41) is 9.73. The van der Waals surface area contributed by atoms with Gasteiger partial charge in [-0.05, 0) is 24.3 Å². The van der Waals surface area contributed by atoms with Crippen molar-refractivity contribution in [1.29, 1.82) is 0 Å². The van der Waals surface area contributed by atoms with Crippen molar-refractivity contribution < 1.29 is 13.9 Å². The topological polar surface area (TPSA) is 65.2 Å². The first-order chi connectivity index (χ1) is 14.6. The van der Waals surface area contributed by atoms with Crippen LogP contribution < -0.4 is 0 Å². The van der Waals surface area contributed by atoms with Gasteiger partial charge in [-0.2, -0.15) is 0 Å². The number of nitrogens with zero attached hydrogens (tertiary/aromatic N) is 2. The molecule has 0 unspecified atom stereocenters. The highest BCUT2D eigenvalue weighted by molar-refractivity contribution is 9.10. The third-order valence-electron chi connectivity index (χ3n) is 3.87. The Hall–Kier alpha value is -2.31. The molecule has 0 aliphatic carbocycles. The van der Waals surface area contributed by atoms with Crippen LogP contribution in [0.5, 0.6) is 0 Å². The predicted molar refractivity (Wildman–Crippen MR) is 123 cm³/mol. The lowest BCUT2D eigenvalue weighted by Gasteiger charge is -1.98. The van der Waals surface area contributed by atoms with Crippen molar-refractivity contribution in [3.05, 3.63) is 62.9 Å². The second-order valence-electron chi connectivity index (χ2n) is 5.84. The fraction of sp³-hybridized carbons (Fsp3) is 0.0952. The molecule has 5 nitrogen and oxygen atoms in total. The van der Waals surface area contributed by atoms with E-state index in [-0.39, 0.29) is 6.61 Å². The van der Waals surface area contributed by atoms with Gasteiger partial charge in [0.25, 0.3) is 5.22 Å². The summed E-state index contributed by atoms with van der Waals surface area (Å²) < 4.78 is 12.7. The van der Waals surface area contributed by atoms with Crippen LogP contribution in [0.3, 0.4) is 0 Å². The highest BCUT2D eigenvalue weighted by Crippen LogP contribution is 2.35. The Bertz CT molecular complexity index is 1280. The Labute approximate surface area is 193 Å². The number of esters is 1. The van der Waals surface area contributed by atoms with Crippen molar-refractivity contribution in [2.45, 2.75) is 5.22 Å². The van der Waals surface area contributed by atoms with Gasteiger partial charge in [-0.1, -0.05) is 75.4 Å². The van der Waals surface area contributed by atoms with E-state index in [0.29, 0.717) is 26.8 Å². The van der Waals surface area contributed by atoms with Crippen LogP contribution in [0.4, 0.5) is 0 Å².